The maximum Gasteiger partial charge on any atom is 0.243 e. The molecule has 0 spiro atoms. The molecule has 0 aliphatic carbocycles. The topological polar surface area (TPSA) is 63.4 Å². The molecule has 1 fully saturated rings. The third-order valence-corrected chi connectivity index (χ3v) is 5.47. The van der Waals surface area contributed by atoms with Crippen LogP contribution in [0.15, 0.2) is 29.2 Å². The summed E-state index contributed by atoms with van der Waals surface area (Å²) in [5.74, 6) is 0.441. The lowest BCUT2D eigenvalue weighted by Crippen LogP contribution is -2.39. The monoisotopic (exact) mass is 324 g/mol. The lowest BCUT2D eigenvalue weighted by atomic mass is 9.99. The van der Waals surface area contributed by atoms with E-state index in [-0.39, 0.29) is 17.3 Å². The van der Waals surface area contributed by atoms with Crippen LogP contribution >= 0.6 is 24.0 Å². The summed E-state index contributed by atoms with van der Waals surface area (Å²) in [7, 11) is -3.41. The van der Waals surface area contributed by atoms with Crippen molar-refractivity contribution in [1.82, 2.24) is 4.31 Å². The molecule has 0 atom stereocenters. The molecule has 0 bridgehead atoms. The minimum absolute atomic E-state index is 0. The van der Waals surface area contributed by atoms with Gasteiger partial charge in [0.25, 0.3) is 0 Å². The lowest BCUT2D eigenvalue weighted by Gasteiger charge is -2.30. The first-order chi connectivity index (χ1) is 8.54. The highest BCUT2D eigenvalue weighted by atomic mass is 35.5. The number of hydrogen-bond donors (Lipinski definition) is 1. The van der Waals surface area contributed by atoms with E-state index in [1.165, 1.54) is 10.4 Å². The predicted octanol–water partition coefficient (Wildman–Crippen LogP) is 2.12. The second-order valence-electron chi connectivity index (χ2n) is 4.54. The van der Waals surface area contributed by atoms with E-state index in [0.717, 1.165) is 12.8 Å². The molecule has 2 N–H and O–H groups in total. The smallest absolute Gasteiger partial charge is 0.243 e. The van der Waals surface area contributed by atoms with Crippen LogP contribution in [0, 0.1) is 5.92 Å². The van der Waals surface area contributed by atoms with Crippen molar-refractivity contribution >= 4 is 34.0 Å². The Balaban J connectivity index is 0.00000180. The van der Waals surface area contributed by atoms with E-state index in [1.807, 2.05) is 0 Å². The molecule has 0 unspecified atom stereocenters. The van der Waals surface area contributed by atoms with Crippen molar-refractivity contribution in [3.05, 3.63) is 29.3 Å². The van der Waals surface area contributed by atoms with Gasteiger partial charge in [0.15, 0.2) is 0 Å². The van der Waals surface area contributed by atoms with Gasteiger partial charge in [-0.25, -0.2) is 8.42 Å². The van der Waals surface area contributed by atoms with Crippen LogP contribution in [0.5, 0.6) is 0 Å². The van der Waals surface area contributed by atoms with Crippen LogP contribution in [0.2, 0.25) is 5.02 Å². The number of halogens is 2. The first-order valence-electron chi connectivity index (χ1n) is 6.00. The average Bonchev–Trinajstić information content (AvgIpc) is 2.39. The van der Waals surface area contributed by atoms with Gasteiger partial charge in [0.2, 0.25) is 10.0 Å². The summed E-state index contributed by atoms with van der Waals surface area (Å²) >= 11 is 5.84. The number of sulfonamides is 1. The molecule has 7 heteroatoms. The van der Waals surface area contributed by atoms with Crippen LogP contribution in [0.4, 0.5) is 0 Å². The molecule has 1 aliphatic rings. The van der Waals surface area contributed by atoms with Crippen molar-refractivity contribution in [3.63, 3.8) is 0 Å². The molecule has 1 aliphatic heterocycles. The molecule has 4 nitrogen and oxygen atoms in total. The van der Waals surface area contributed by atoms with Gasteiger partial charge in [-0.2, -0.15) is 4.31 Å². The van der Waals surface area contributed by atoms with Gasteiger partial charge in [-0.15, -0.1) is 12.4 Å². The standard InChI is InChI=1S/C12H17ClN2O2S.ClH/c13-11-2-1-3-12(8-11)18(16,17)15-6-4-10(9-14)5-7-15;/h1-3,8,10H,4-7,9,14H2;1H. The van der Waals surface area contributed by atoms with Crippen LogP contribution in [0.1, 0.15) is 12.8 Å². The van der Waals surface area contributed by atoms with E-state index in [0.29, 0.717) is 30.6 Å². The Bertz CT molecular complexity index is 514. The molecule has 0 radical (unpaired) electrons. The summed E-state index contributed by atoms with van der Waals surface area (Å²) in [6.45, 7) is 1.71. The third-order valence-electron chi connectivity index (χ3n) is 3.34. The zero-order chi connectivity index (χ0) is 13.2. The molecular weight excluding hydrogens is 307 g/mol. The SMILES string of the molecule is Cl.NCC1CCN(S(=O)(=O)c2cccc(Cl)c2)CC1. The van der Waals surface area contributed by atoms with E-state index in [2.05, 4.69) is 0 Å². The summed E-state index contributed by atoms with van der Waals surface area (Å²) in [6.07, 6.45) is 1.66. The fourth-order valence-electron chi connectivity index (χ4n) is 2.16. The number of rotatable bonds is 3. The largest absolute Gasteiger partial charge is 0.330 e. The fourth-order valence-corrected chi connectivity index (χ4v) is 3.93. The Morgan fingerprint density at radius 1 is 1.32 bits per heavy atom. The Morgan fingerprint density at radius 2 is 1.95 bits per heavy atom. The third kappa shape index (κ3) is 3.83. The lowest BCUT2D eigenvalue weighted by molar-refractivity contribution is 0.278. The second-order valence-corrected chi connectivity index (χ2v) is 6.91. The van der Waals surface area contributed by atoms with Gasteiger partial charge in [0.05, 0.1) is 4.90 Å². The van der Waals surface area contributed by atoms with Crippen LogP contribution in [0.3, 0.4) is 0 Å². The van der Waals surface area contributed by atoms with Gasteiger partial charge >= 0.3 is 0 Å². The van der Waals surface area contributed by atoms with E-state index < -0.39 is 10.0 Å². The molecule has 19 heavy (non-hydrogen) atoms. The van der Waals surface area contributed by atoms with Crippen LogP contribution in [-0.4, -0.2) is 32.4 Å². The summed E-state index contributed by atoms with van der Waals surface area (Å²) in [5.41, 5.74) is 5.60. The zero-order valence-electron chi connectivity index (χ0n) is 10.5. The summed E-state index contributed by atoms with van der Waals surface area (Å²) in [4.78, 5) is 0.265. The number of piperidine rings is 1. The maximum atomic E-state index is 12.4. The Hall–Kier alpha value is -0.330. The van der Waals surface area contributed by atoms with Gasteiger partial charge in [0, 0.05) is 18.1 Å². The minimum Gasteiger partial charge on any atom is -0.330 e. The number of nitrogens with zero attached hydrogens (tertiary/aromatic N) is 1. The van der Waals surface area contributed by atoms with Gasteiger partial charge in [0.1, 0.15) is 0 Å². The van der Waals surface area contributed by atoms with Gasteiger partial charge < -0.3 is 5.73 Å². The zero-order valence-corrected chi connectivity index (χ0v) is 12.8. The summed E-state index contributed by atoms with van der Waals surface area (Å²) in [5, 5.41) is 0.438. The molecule has 0 saturated carbocycles. The highest BCUT2D eigenvalue weighted by Crippen LogP contribution is 2.24. The van der Waals surface area contributed by atoms with E-state index in [1.54, 1.807) is 18.2 Å². The first kappa shape index (κ1) is 16.7. The number of benzene rings is 1. The second kappa shape index (κ2) is 6.90. The number of nitrogens with two attached hydrogens (primary N) is 1. The maximum absolute atomic E-state index is 12.4. The Labute approximate surface area is 125 Å². The van der Waals surface area contributed by atoms with Gasteiger partial charge in [-0.05, 0) is 43.5 Å². The van der Waals surface area contributed by atoms with Gasteiger partial charge in [-0.3, -0.25) is 0 Å². The van der Waals surface area contributed by atoms with E-state index >= 15 is 0 Å². The highest BCUT2D eigenvalue weighted by molar-refractivity contribution is 7.89. The molecule has 0 aromatic heterocycles. The molecular formula is C12H18Cl2N2O2S. The quantitative estimate of drug-likeness (QED) is 0.926. The average molecular weight is 325 g/mol. The van der Waals surface area contributed by atoms with Crippen LogP contribution < -0.4 is 5.73 Å². The Morgan fingerprint density at radius 3 is 2.47 bits per heavy atom. The molecule has 1 aromatic carbocycles. The molecule has 1 saturated heterocycles. The van der Waals surface area contributed by atoms with E-state index in [4.69, 9.17) is 17.3 Å². The van der Waals surface area contributed by atoms with Crippen molar-refractivity contribution in [1.29, 1.82) is 0 Å². The summed E-state index contributed by atoms with van der Waals surface area (Å²) < 4.78 is 26.3. The van der Waals surface area contributed by atoms with Crippen molar-refractivity contribution in [3.8, 4) is 0 Å². The van der Waals surface area contributed by atoms with Crippen molar-refractivity contribution < 1.29 is 8.42 Å². The highest BCUT2D eigenvalue weighted by Gasteiger charge is 2.28. The molecule has 0 amide bonds. The van der Waals surface area contributed by atoms with Crippen LogP contribution in [-0.2, 0) is 10.0 Å². The molecule has 108 valence electrons. The van der Waals surface area contributed by atoms with Crippen LogP contribution in [0.25, 0.3) is 0 Å². The van der Waals surface area contributed by atoms with Crippen molar-refractivity contribution in [2.45, 2.75) is 17.7 Å². The van der Waals surface area contributed by atoms with E-state index in [9.17, 15) is 8.42 Å². The van der Waals surface area contributed by atoms with Gasteiger partial charge in [-0.1, -0.05) is 17.7 Å². The fraction of sp³-hybridized carbons (Fsp3) is 0.500. The predicted molar refractivity (Wildman–Crippen MR) is 79.2 cm³/mol. The number of hydrogen-bond acceptors (Lipinski definition) is 3. The molecule has 2 rings (SSSR count). The Kier molecular flexibility index (Phi) is 6.08. The first-order valence-corrected chi connectivity index (χ1v) is 7.81. The van der Waals surface area contributed by atoms with Crippen molar-refractivity contribution in [2.24, 2.45) is 11.7 Å². The molecule has 1 aromatic rings. The normalized spacial score (nSPS) is 18.0. The minimum atomic E-state index is -3.41. The summed E-state index contributed by atoms with van der Waals surface area (Å²) in [6, 6.07) is 6.39. The van der Waals surface area contributed by atoms with Crippen molar-refractivity contribution in [2.75, 3.05) is 19.6 Å². The molecule has 1 heterocycles.